The minimum absolute atomic E-state index is 0.0322. The average molecular weight is 234 g/mol. The highest BCUT2D eigenvalue weighted by atomic mass is 32.2. The van der Waals surface area contributed by atoms with Crippen molar-refractivity contribution >= 4 is 17.5 Å². The average Bonchev–Trinajstić information content (AvgIpc) is 2.65. The zero-order valence-electron chi connectivity index (χ0n) is 8.91. The SMILES string of the molecule is CC(=O)c1ccc(Sc2ncnn2C)cn1. The van der Waals surface area contributed by atoms with E-state index in [9.17, 15) is 4.79 Å². The number of nitrogens with zero attached hydrogens (tertiary/aromatic N) is 4. The molecule has 0 radical (unpaired) electrons. The van der Waals surface area contributed by atoms with Crippen LogP contribution in [0.2, 0.25) is 0 Å². The Morgan fingerprint density at radius 2 is 2.19 bits per heavy atom. The summed E-state index contributed by atoms with van der Waals surface area (Å²) in [6, 6.07) is 3.56. The van der Waals surface area contributed by atoms with Crippen molar-refractivity contribution in [1.29, 1.82) is 0 Å². The summed E-state index contributed by atoms with van der Waals surface area (Å²) >= 11 is 1.46. The molecule has 0 spiro atoms. The lowest BCUT2D eigenvalue weighted by atomic mass is 10.3. The normalized spacial score (nSPS) is 10.4. The van der Waals surface area contributed by atoms with Crippen LogP contribution in [0.1, 0.15) is 17.4 Å². The van der Waals surface area contributed by atoms with E-state index in [-0.39, 0.29) is 5.78 Å². The van der Waals surface area contributed by atoms with Gasteiger partial charge in [-0.25, -0.2) is 9.67 Å². The third kappa shape index (κ3) is 2.27. The fourth-order valence-corrected chi connectivity index (χ4v) is 1.86. The number of aromatic nitrogens is 4. The summed E-state index contributed by atoms with van der Waals surface area (Å²) in [5, 5.41) is 4.76. The first-order valence-corrected chi connectivity index (χ1v) is 5.47. The Hall–Kier alpha value is -1.69. The molecule has 82 valence electrons. The van der Waals surface area contributed by atoms with Crippen LogP contribution in [0.3, 0.4) is 0 Å². The third-order valence-electron chi connectivity index (χ3n) is 1.98. The standard InChI is InChI=1S/C10H10N4OS/c1-7(15)9-4-3-8(5-11-9)16-10-12-6-13-14(10)2/h3-6H,1-2H3. The number of aryl methyl sites for hydroxylation is 1. The second-order valence-electron chi connectivity index (χ2n) is 3.20. The van der Waals surface area contributed by atoms with Gasteiger partial charge in [-0.15, -0.1) is 0 Å². The number of hydrogen-bond acceptors (Lipinski definition) is 5. The van der Waals surface area contributed by atoms with Crippen LogP contribution >= 0.6 is 11.8 Å². The molecule has 0 bridgehead atoms. The summed E-state index contributed by atoms with van der Waals surface area (Å²) in [5.41, 5.74) is 0.474. The van der Waals surface area contributed by atoms with E-state index in [0.29, 0.717) is 5.69 Å². The molecule has 2 rings (SSSR count). The molecule has 0 aliphatic rings. The molecular weight excluding hydrogens is 224 g/mol. The molecule has 0 N–H and O–H groups in total. The molecule has 16 heavy (non-hydrogen) atoms. The summed E-state index contributed by atoms with van der Waals surface area (Å²) < 4.78 is 1.68. The molecular formula is C10H10N4OS. The van der Waals surface area contributed by atoms with Gasteiger partial charge in [0.15, 0.2) is 10.9 Å². The quantitative estimate of drug-likeness (QED) is 0.754. The molecule has 0 saturated carbocycles. The molecule has 0 aliphatic carbocycles. The number of rotatable bonds is 3. The number of hydrogen-bond donors (Lipinski definition) is 0. The molecule has 5 nitrogen and oxygen atoms in total. The third-order valence-corrected chi connectivity index (χ3v) is 3.01. The van der Waals surface area contributed by atoms with Crippen molar-refractivity contribution in [2.45, 2.75) is 17.0 Å². The minimum Gasteiger partial charge on any atom is -0.293 e. The van der Waals surface area contributed by atoms with E-state index in [1.807, 2.05) is 13.1 Å². The molecule has 0 aliphatic heterocycles. The highest BCUT2D eigenvalue weighted by Gasteiger charge is 2.05. The molecule has 0 aromatic carbocycles. The fourth-order valence-electron chi connectivity index (χ4n) is 1.13. The van der Waals surface area contributed by atoms with Gasteiger partial charge in [0.05, 0.1) is 0 Å². The van der Waals surface area contributed by atoms with Gasteiger partial charge in [0.1, 0.15) is 12.0 Å². The fraction of sp³-hybridized carbons (Fsp3) is 0.200. The first kappa shape index (κ1) is 10.8. The van der Waals surface area contributed by atoms with Gasteiger partial charge in [-0.2, -0.15) is 5.10 Å². The summed E-state index contributed by atoms with van der Waals surface area (Å²) in [6.45, 7) is 1.50. The molecule has 6 heteroatoms. The first-order valence-electron chi connectivity index (χ1n) is 4.65. The predicted octanol–water partition coefficient (Wildman–Crippen LogP) is 1.56. The maximum absolute atomic E-state index is 11.0. The van der Waals surface area contributed by atoms with Crippen LogP contribution in [0, 0.1) is 0 Å². The number of carbonyl (C=O) groups excluding carboxylic acids is 1. The molecule has 2 aromatic heterocycles. The van der Waals surface area contributed by atoms with E-state index in [0.717, 1.165) is 10.1 Å². The largest absolute Gasteiger partial charge is 0.293 e. The van der Waals surface area contributed by atoms with Crippen LogP contribution < -0.4 is 0 Å². The molecule has 0 saturated heterocycles. The van der Waals surface area contributed by atoms with Crippen molar-refractivity contribution in [3.63, 3.8) is 0 Å². The van der Waals surface area contributed by atoms with Gasteiger partial charge in [-0.1, -0.05) is 0 Å². The van der Waals surface area contributed by atoms with E-state index in [1.165, 1.54) is 25.0 Å². The number of pyridine rings is 1. The Labute approximate surface area is 96.9 Å². The monoisotopic (exact) mass is 234 g/mol. The van der Waals surface area contributed by atoms with Crippen molar-refractivity contribution in [1.82, 2.24) is 19.7 Å². The topological polar surface area (TPSA) is 60.7 Å². The van der Waals surface area contributed by atoms with Gasteiger partial charge in [-0.3, -0.25) is 9.78 Å². The van der Waals surface area contributed by atoms with Crippen LogP contribution in [0.25, 0.3) is 0 Å². The molecule has 0 fully saturated rings. The van der Waals surface area contributed by atoms with Crippen LogP contribution in [0.5, 0.6) is 0 Å². The molecule has 0 amide bonds. The van der Waals surface area contributed by atoms with Crippen LogP contribution in [-0.4, -0.2) is 25.5 Å². The highest BCUT2D eigenvalue weighted by molar-refractivity contribution is 7.99. The van der Waals surface area contributed by atoms with E-state index in [2.05, 4.69) is 15.1 Å². The van der Waals surface area contributed by atoms with Crippen molar-refractivity contribution in [3.05, 3.63) is 30.4 Å². The Balaban J connectivity index is 2.17. The van der Waals surface area contributed by atoms with Gasteiger partial charge in [-0.05, 0) is 23.9 Å². The van der Waals surface area contributed by atoms with Gasteiger partial charge in [0.2, 0.25) is 0 Å². The second-order valence-corrected chi connectivity index (χ2v) is 4.24. The summed E-state index contributed by atoms with van der Waals surface area (Å²) in [6.07, 6.45) is 3.16. The Bertz CT molecular complexity index is 506. The number of carbonyl (C=O) groups is 1. The van der Waals surface area contributed by atoms with Crippen molar-refractivity contribution in [2.24, 2.45) is 7.05 Å². The van der Waals surface area contributed by atoms with Crippen LogP contribution in [0.15, 0.2) is 34.7 Å². The Morgan fingerprint density at radius 3 is 2.69 bits per heavy atom. The van der Waals surface area contributed by atoms with Crippen molar-refractivity contribution < 1.29 is 4.79 Å². The predicted molar refractivity (Wildman–Crippen MR) is 59.4 cm³/mol. The highest BCUT2D eigenvalue weighted by Crippen LogP contribution is 2.24. The Kier molecular flexibility index (Phi) is 3.00. The Morgan fingerprint density at radius 1 is 1.38 bits per heavy atom. The number of ketones is 1. The maximum atomic E-state index is 11.0. The van der Waals surface area contributed by atoms with Gasteiger partial charge < -0.3 is 0 Å². The lowest BCUT2D eigenvalue weighted by molar-refractivity contribution is 0.101. The summed E-state index contributed by atoms with van der Waals surface area (Å²) in [5.74, 6) is -0.0322. The van der Waals surface area contributed by atoms with Gasteiger partial charge >= 0.3 is 0 Å². The molecule has 2 aromatic rings. The van der Waals surface area contributed by atoms with Crippen LogP contribution in [0.4, 0.5) is 0 Å². The summed E-state index contributed by atoms with van der Waals surface area (Å²) in [4.78, 5) is 20.1. The van der Waals surface area contributed by atoms with E-state index in [4.69, 9.17) is 0 Å². The lowest BCUT2D eigenvalue weighted by Gasteiger charge is -2.00. The molecule has 0 unspecified atom stereocenters. The smallest absolute Gasteiger partial charge is 0.190 e. The maximum Gasteiger partial charge on any atom is 0.190 e. The molecule has 2 heterocycles. The summed E-state index contributed by atoms with van der Waals surface area (Å²) in [7, 11) is 1.83. The minimum atomic E-state index is -0.0322. The first-order chi connectivity index (χ1) is 7.66. The zero-order valence-corrected chi connectivity index (χ0v) is 9.73. The lowest BCUT2D eigenvalue weighted by Crippen LogP contribution is -1.96. The van der Waals surface area contributed by atoms with E-state index < -0.39 is 0 Å². The second kappa shape index (κ2) is 4.44. The number of Topliss-reactive ketones (excluding diaryl/α,β-unsaturated/α-hetero) is 1. The zero-order chi connectivity index (χ0) is 11.5. The van der Waals surface area contributed by atoms with E-state index >= 15 is 0 Å². The van der Waals surface area contributed by atoms with Crippen molar-refractivity contribution in [2.75, 3.05) is 0 Å². The van der Waals surface area contributed by atoms with Gasteiger partial charge in [0, 0.05) is 25.1 Å². The van der Waals surface area contributed by atoms with Crippen molar-refractivity contribution in [3.8, 4) is 0 Å². The van der Waals surface area contributed by atoms with Gasteiger partial charge in [0.25, 0.3) is 0 Å². The van der Waals surface area contributed by atoms with Crippen LogP contribution in [-0.2, 0) is 7.05 Å². The van der Waals surface area contributed by atoms with E-state index in [1.54, 1.807) is 16.9 Å². The molecule has 0 atom stereocenters.